The molecule has 0 radical (unpaired) electrons. The summed E-state index contributed by atoms with van der Waals surface area (Å²) in [5.74, 6) is 0.445. The molecule has 7 nitrogen and oxygen atoms in total. The molecule has 2 aromatic heterocycles. The van der Waals surface area contributed by atoms with Crippen molar-refractivity contribution in [2.24, 2.45) is 5.18 Å². The number of anilines is 1. The average Bonchev–Trinajstić information content (AvgIpc) is 2.96. The van der Waals surface area contributed by atoms with Crippen molar-refractivity contribution in [3.05, 3.63) is 29.1 Å². The van der Waals surface area contributed by atoms with E-state index in [2.05, 4.69) is 15.3 Å². The Morgan fingerprint density at radius 1 is 1.50 bits per heavy atom. The molecule has 0 aromatic carbocycles. The van der Waals surface area contributed by atoms with Gasteiger partial charge in [-0.1, -0.05) is 5.18 Å². The molecule has 0 spiro atoms. The molecule has 0 amide bonds. The highest BCUT2D eigenvalue weighted by molar-refractivity contribution is 5.65. The fourth-order valence-corrected chi connectivity index (χ4v) is 2.36. The third-order valence-electron chi connectivity index (χ3n) is 3.23. The van der Waals surface area contributed by atoms with Crippen LogP contribution in [0.5, 0.6) is 0 Å². The Labute approximate surface area is 103 Å². The molecule has 2 unspecified atom stereocenters. The van der Waals surface area contributed by atoms with Crippen LogP contribution < -0.4 is 5.73 Å². The highest BCUT2D eigenvalue weighted by Gasteiger charge is 2.28. The van der Waals surface area contributed by atoms with E-state index in [0.29, 0.717) is 5.82 Å². The lowest BCUT2D eigenvalue weighted by Crippen LogP contribution is -2.11. The Hall–Kier alpha value is -2.02. The molecule has 0 aliphatic carbocycles. The molecule has 7 heteroatoms. The van der Waals surface area contributed by atoms with Crippen LogP contribution in [0.3, 0.4) is 0 Å². The zero-order chi connectivity index (χ0) is 12.5. The maximum absolute atomic E-state index is 10.2. The van der Waals surface area contributed by atoms with Crippen LogP contribution in [0.25, 0.3) is 5.52 Å². The second kappa shape index (κ2) is 4.34. The van der Waals surface area contributed by atoms with Gasteiger partial charge in [0.25, 0.3) is 0 Å². The van der Waals surface area contributed by atoms with E-state index in [-0.39, 0.29) is 18.8 Å². The minimum Gasteiger partial charge on any atom is -0.382 e. The molecular formula is C11H13N5O2. The molecule has 1 aliphatic heterocycles. The largest absolute Gasteiger partial charge is 0.382 e. The predicted molar refractivity (Wildman–Crippen MR) is 64.9 cm³/mol. The van der Waals surface area contributed by atoms with Crippen LogP contribution >= 0.6 is 0 Å². The fourth-order valence-electron chi connectivity index (χ4n) is 2.36. The molecule has 94 valence electrons. The maximum Gasteiger partial charge on any atom is 0.151 e. The smallest absolute Gasteiger partial charge is 0.151 e. The lowest BCUT2D eigenvalue weighted by atomic mass is 10.1. The molecule has 1 saturated heterocycles. The Bertz CT molecular complexity index is 582. The van der Waals surface area contributed by atoms with Crippen molar-refractivity contribution < 1.29 is 4.74 Å². The highest BCUT2D eigenvalue weighted by atomic mass is 16.5. The Morgan fingerprint density at radius 3 is 3.22 bits per heavy atom. The van der Waals surface area contributed by atoms with E-state index in [4.69, 9.17) is 10.5 Å². The van der Waals surface area contributed by atoms with Gasteiger partial charge in [0.1, 0.15) is 24.5 Å². The summed E-state index contributed by atoms with van der Waals surface area (Å²) in [6.45, 7) is 0.205. The number of nitrogens with zero attached hydrogens (tertiary/aromatic N) is 4. The zero-order valence-electron chi connectivity index (χ0n) is 9.69. The zero-order valence-corrected chi connectivity index (χ0v) is 9.69. The van der Waals surface area contributed by atoms with Crippen molar-refractivity contribution in [2.75, 3.05) is 12.3 Å². The number of nitrogens with two attached hydrogens (primary N) is 1. The third kappa shape index (κ3) is 1.72. The van der Waals surface area contributed by atoms with Gasteiger partial charge >= 0.3 is 0 Å². The minimum atomic E-state index is -0.0859. The molecule has 2 aromatic rings. The number of nitrogen functional groups attached to an aromatic ring is 1. The van der Waals surface area contributed by atoms with Gasteiger partial charge in [-0.3, -0.25) is 0 Å². The van der Waals surface area contributed by atoms with Crippen LogP contribution in [-0.2, 0) is 4.74 Å². The van der Waals surface area contributed by atoms with E-state index in [1.165, 1.54) is 6.33 Å². The molecule has 18 heavy (non-hydrogen) atoms. The first-order chi connectivity index (χ1) is 8.79. The second-order valence-corrected chi connectivity index (χ2v) is 4.34. The van der Waals surface area contributed by atoms with Crippen molar-refractivity contribution >= 4 is 11.3 Å². The number of hydrogen-bond donors (Lipinski definition) is 1. The van der Waals surface area contributed by atoms with Crippen molar-refractivity contribution in [1.82, 2.24) is 14.6 Å². The van der Waals surface area contributed by atoms with E-state index >= 15 is 0 Å². The van der Waals surface area contributed by atoms with E-state index < -0.39 is 0 Å². The van der Waals surface area contributed by atoms with Gasteiger partial charge in [-0.05, 0) is 25.0 Å². The van der Waals surface area contributed by atoms with Crippen molar-refractivity contribution in [3.63, 3.8) is 0 Å². The highest BCUT2D eigenvalue weighted by Crippen LogP contribution is 2.33. The third-order valence-corrected chi connectivity index (χ3v) is 3.23. The maximum atomic E-state index is 10.2. The summed E-state index contributed by atoms with van der Waals surface area (Å²) < 4.78 is 7.52. The molecule has 2 N–H and O–H groups in total. The first-order valence-electron chi connectivity index (χ1n) is 5.82. The molecule has 1 aliphatic rings. The van der Waals surface area contributed by atoms with Gasteiger partial charge in [-0.25, -0.2) is 9.50 Å². The van der Waals surface area contributed by atoms with Gasteiger partial charge < -0.3 is 10.5 Å². The molecule has 0 bridgehead atoms. The normalized spacial score (nSPS) is 23.6. The first kappa shape index (κ1) is 11.1. The summed E-state index contributed by atoms with van der Waals surface area (Å²) in [4.78, 5) is 14.2. The van der Waals surface area contributed by atoms with Crippen LogP contribution in [-0.4, -0.2) is 27.2 Å². The quantitative estimate of drug-likeness (QED) is 0.825. The van der Waals surface area contributed by atoms with Crippen LogP contribution in [0.4, 0.5) is 5.82 Å². The van der Waals surface area contributed by atoms with Crippen molar-refractivity contribution in [2.45, 2.75) is 25.0 Å². The molecular weight excluding hydrogens is 234 g/mol. The topological polar surface area (TPSA) is 94.9 Å². The van der Waals surface area contributed by atoms with E-state index in [9.17, 15) is 4.91 Å². The van der Waals surface area contributed by atoms with Crippen LogP contribution in [0.2, 0.25) is 0 Å². The van der Waals surface area contributed by atoms with Crippen LogP contribution in [0, 0.1) is 4.91 Å². The number of nitroso groups, excluding NO2 is 1. The number of hydrogen-bond acceptors (Lipinski definition) is 6. The summed E-state index contributed by atoms with van der Waals surface area (Å²) in [7, 11) is 0. The number of ether oxygens (including phenoxy) is 1. The summed E-state index contributed by atoms with van der Waals surface area (Å²) in [6.07, 6.45) is 2.97. The van der Waals surface area contributed by atoms with Crippen LogP contribution in [0.15, 0.2) is 23.6 Å². The lowest BCUT2D eigenvalue weighted by Gasteiger charge is -2.11. The lowest BCUT2D eigenvalue weighted by molar-refractivity contribution is 0.0465. The van der Waals surface area contributed by atoms with Crippen molar-refractivity contribution in [3.8, 4) is 0 Å². The Kier molecular flexibility index (Phi) is 2.67. The summed E-state index contributed by atoms with van der Waals surface area (Å²) in [5.41, 5.74) is 7.48. The Morgan fingerprint density at radius 2 is 2.39 bits per heavy atom. The fraction of sp³-hybridized carbons (Fsp3) is 0.455. The first-order valence-corrected chi connectivity index (χ1v) is 5.82. The van der Waals surface area contributed by atoms with Gasteiger partial charge in [0.2, 0.25) is 0 Å². The summed E-state index contributed by atoms with van der Waals surface area (Å²) >= 11 is 0. The van der Waals surface area contributed by atoms with E-state index in [1.807, 2.05) is 12.1 Å². The standard InChI is InChI=1S/C11H13N5O2/c12-11-9-3-2-8(16(9)14-6-13-11)10-4-1-7(18-10)5-15-17/h2-3,6-7,10H,1,4-5H2,(H2,12,13,14). The van der Waals surface area contributed by atoms with Gasteiger partial charge in [-0.15, -0.1) is 0 Å². The number of rotatable bonds is 3. The van der Waals surface area contributed by atoms with Gasteiger partial charge in [0.05, 0.1) is 11.8 Å². The average molecular weight is 247 g/mol. The number of aromatic nitrogens is 3. The SMILES string of the molecule is Nc1ncnn2c(C3CCC(CN=O)O3)ccc12. The van der Waals surface area contributed by atoms with Gasteiger partial charge in [0.15, 0.2) is 5.82 Å². The molecule has 3 rings (SSSR count). The van der Waals surface area contributed by atoms with Crippen molar-refractivity contribution in [1.29, 1.82) is 0 Å². The monoisotopic (exact) mass is 247 g/mol. The summed E-state index contributed by atoms with van der Waals surface area (Å²) in [5, 5.41) is 7.06. The van der Waals surface area contributed by atoms with E-state index in [1.54, 1.807) is 4.52 Å². The predicted octanol–water partition coefficient (Wildman–Crippen LogP) is 1.30. The Balaban J connectivity index is 1.91. The molecule has 2 atom stereocenters. The molecule has 1 fully saturated rings. The summed E-state index contributed by atoms with van der Waals surface area (Å²) in [6, 6.07) is 3.81. The minimum absolute atomic E-state index is 0.0615. The van der Waals surface area contributed by atoms with Gasteiger partial charge in [0, 0.05) is 0 Å². The van der Waals surface area contributed by atoms with E-state index in [0.717, 1.165) is 24.1 Å². The molecule has 3 heterocycles. The van der Waals surface area contributed by atoms with Crippen LogP contribution in [0.1, 0.15) is 24.6 Å². The number of fused-ring (bicyclic) bond motifs is 1. The second-order valence-electron chi connectivity index (χ2n) is 4.34. The molecule has 0 saturated carbocycles. The van der Waals surface area contributed by atoms with Gasteiger partial charge in [-0.2, -0.15) is 10.0 Å².